The van der Waals surface area contributed by atoms with E-state index < -0.39 is 5.97 Å². The van der Waals surface area contributed by atoms with Crippen LogP contribution in [0.5, 0.6) is 5.75 Å². The molecule has 2 N–H and O–H groups in total. The first kappa shape index (κ1) is 18.1. The molecule has 8 heteroatoms. The zero-order valence-corrected chi connectivity index (χ0v) is 15.0. The Morgan fingerprint density at radius 3 is 2.63 bits per heavy atom. The number of benzene rings is 2. The lowest BCUT2D eigenvalue weighted by molar-refractivity contribution is 0.0601. The Morgan fingerprint density at radius 2 is 1.89 bits per heavy atom. The molecule has 3 rings (SSSR count). The molecule has 0 atom stereocenters. The molecule has 0 saturated carbocycles. The van der Waals surface area contributed by atoms with Gasteiger partial charge in [-0.25, -0.2) is 4.79 Å². The van der Waals surface area contributed by atoms with Crippen LogP contribution >= 0.6 is 0 Å². The second-order valence-corrected chi connectivity index (χ2v) is 5.44. The molecule has 0 bridgehead atoms. The van der Waals surface area contributed by atoms with Gasteiger partial charge in [-0.05, 0) is 49.4 Å². The number of carbonyl (C=O) groups excluding carboxylic acids is 1. The van der Waals surface area contributed by atoms with Gasteiger partial charge in [0.15, 0.2) is 5.82 Å². The van der Waals surface area contributed by atoms with Gasteiger partial charge in [-0.3, -0.25) is 0 Å². The number of anilines is 4. The number of nitrogens with one attached hydrogen (secondary N) is 2. The smallest absolute Gasteiger partial charge is 0.337 e. The van der Waals surface area contributed by atoms with Gasteiger partial charge in [0.1, 0.15) is 5.75 Å². The molecular formula is C19H19N5O3. The molecule has 2 aromatic carbocycles. The molecule has 0 saturated heterocycles. The van der Waals surface area contributed by atoms with Crippen molar-refractivity contribution in [1.29, 1.82) is 0 Å². The van der Waals surface area contributed by atoms with Crippen LogP contribution in [-0.4, -0.2) is 34.9 Å². The number of hydrogen-bond acceptors (Lipinski definition) is 8. The summed E-state index contributed by atoms with van der Waals surface area (Å²) in [6, 6.07) is 14.4. The normalized spacial score (nSPS) is 10.1. The SMILES string of the molecule is CCOc1ccc(Nc2cnnc(Nc3cccc(C(=O)OC)c3)n2)cc1. The summed E-state index contributed by atoms with van der Waals surface area (Å²) in [6.45, 7) is 2.56. The Hall–Kier alpha value is -3.68. The average Bonchev–Trinajstić information content (AvgIpc) is 2.69. The Kier molecular flexibility index (Phi) is 5.78. The maximum Gasteiger partial charge on any atom is 0.337 e. The van der Waals surface area contributed by atoms with E-state index >= 15 is 0 Å². The molecule has 0 radical (unpaired) electrons. The number of carbonyl (C=O) groups is 1. The van der Waals surface area contributed by atoms with Gasteiger partial charge in [0.25, 0.3) is 0 Å². The van der Waals surface area contributed by atoms with E-state index in [-0.39, 0.29) is 0 Å². The second-order valence-electron chi connectivity index (χ2n) is 5.44. The number of nitrogens with zero attached hydrogens (tertiary/aromatic N) is 3. The van der Waals surface area contributed by atoms with Crippen molar-refractivity contribution in [3.8, 4) is 5.75 Å². The summed E-state index contributed by atoms with van der Waals surface area (Å²) < 4.78 is 10.1. The first-order valence-corrected chi connectivity index (χ1v) is 8.33. The Balaban J connectivity index is 1.71. The summed E-state index contributed by atoms with van der Waals surface area (Å²) in [5, 5.41) is 14.1. The fraction of sp³-hybridized carbons (Fsp3) is 0.158. The maximum absolute atomic E-state index is 11.6. The van der Waals surface area contributed by atoms with Crippen molar-refractivity contribution >= 4 is 29.1 Å². The Labute approximate surface area is 156 Å². The van der Waals surface area contributed by atoms with Crippen LogP contribution in [0.3, 0.4) is 0 Å². The monoisotopic (exact) mass is 365 g/mol. The minimum atomic E-state index is -0.413. The zero-order chi connectivity index (χ0) is 19.1. The zero-order valence-electron chi connectivity index (χ0n) is 15.0. The minimum absolute atomic E-state index is 0.299. The van der Waals surface area contributed by atoms with E-state index in [9.17, 15) is 4.79 Å². The van der Waals surface area contributed by atoms with Crippen molar-refractivity contribution in [1.82, 2.24) is 15.2 Å². The molecule has 0 amide bonds. The van der Waals surface area contributed by atoms with Crippen molar-refractivity contribution in [3.05, 3.63) is 60.3 Å². The summed E-state index contributed by atoms with van der Waals surface area (Å²) in [7, 11) is 1.34. The number of esters is 1. The highest BCUT2D eigenvalue weighted by atomic mass is 16.5. The predicted molar refractivity (Wildman–Crippen MR) is 102 cm³/mol. The van der Waals surface area contributed by atoms with E-state index in [1.807, 2.05) is 31.2 Å². The fourth-order valence-electron chi connectivity index (χ4n) is 2.34. The Morgan fingerprint density at radius 1 is 1.07 bits per heavy atom. The second kappa shape index (κ2) is 8.61. The molecule has 0 fully saturated rings. The molecule has 138 valence electrons. The lowest BCUT2D eigenvalue weighted by Gasteiger charge is -2.09. The van der Waals surface area contributed by atoms with E-state index in [1.165, 1.54) is 13.3 Å². The number of ether oxygens (including phenoxy) is 2. The van der Waals surface area contributed by atoms with E-state index in [0.717, 1.165) is 11.4 Å². The lowest BCUT2D eigenvalue weighted by Crippen LogP contribution is -2.04. The highest BCUT2D eigenvalue weighted by Gasteiger charge is 2.07. The number of aromatic nitrogens is 3. The van der Waals surface area contributed by atoms with E-state index in [4.69, 9.17) is 9.47 Å². The van der Waals surface area contributed by atoms with E-state index in [2.05, 4.69) is 25.8 Å². The molecule has 27 heavy (non-hydrogen) atoms. The van der Waals surface area contributed by atoms with Gasteiger partial charge in [0.05, 0.1) is 25.5 Å². The van der Waals surface area contributed by atoms with Crippen molar-refractivity contribution in [3.63, 3.8) is 0 Å². The molecule has 0 aliphatic carbocycles. The van der Waals surface area contributed by atoms with E-state index in [1.54, 1.807) is 24.3 Å². The van der Waals surface area contributed by atoms with Crippen LogP contribution < -0.4 is 15.4 Å². The van der Waals surface area contributed by atoms with Crippen molar-refractivity contribution in [2.75, 3.05) is 24.4 Å². The molecule has 0 aliphatic heterocycles. The number of rotatable bonds is 7. The number of methoxy groups -OCH3 is 1. The van der Waals surface area contributed by atoms with Crippen molar-refractivity contribution in [2.24, 2.45) is 0 Å². The first-order chi connectivity index (χ1) is 13.2. The standard InChI is InChI=1S/C19H19N5O3/c1-3-27-16-9-7-14(8-10-16)21-17-12-20-24-19(23-17)22-15-6-4-5-13(11-15)18(25)26-2/h4-12H,3H2,1-2H3,(H2,21,22,23,24). The molecule has 0 unspecified atom stereocenters. The quantitative estimate of drug-likeness (QED) is 0.614. The molecule has 0 aliphatic rings. The van der Waals surface area contributed by atoms with Crippen molar-refractivity contribution in [2.45, 2.75) is 6.92 Å². The Bertz CT molecular complexity index is 915. The van der Waals surface area contributed by atoms with Gasteiger partial charge >= 0.3 is 5.97 Å². The molecule has 8 nitrogen and oxygen atoms in total. The molecular weight excluding hydrogens is 346 g/mol. The summed E-state index contributed by atoms with van der Waals surface area (Å²) >= 11 is 0. The highest BCUT2D eigenvalue weighted by Crippen LogP contribution is 2.20. The topological polar surface area (TPSA) is 98.3 Å². The van der Waals surface area contributed by atoms with Crippen LogP contribution in [0.25, 0.3) is 0 Å². The summed E-state index contributed by atoms with van der Waals surface area (Å²) in [6.07, 6.45) is 1.52. The van der Waals surface area contributed by atoms with Gasteiger partial charge < -0.3 is 20.1 Å². The third-order valence-corrected chi connectivity index (χ3v) is 3.54. The molecule has 1 heterocycles. The first-order valence-electron chi connectivity index (χ1n) is 8.33. The van der Waals surface area contributed by atoms with Gasteiger partial charge in [-0.1, -0.05) is 6.07 Å². The van der Waals surface area contributed by atoms with Gasteiger partial charge in [-0.15, -0.1) is 5.10 Å². The highest BCUT2D eigenvalue weighted by molar-refractivity contribution is 5.90. The van der Waals surface area contributed by atoms with Gasteiger partial charge in [0.2, 0.25) is 5.95 Å². The van der Waals surface area contributed by atoms with Crippen LogP contribution in [0.15, 0.2) is 54.7 Å². The van der Waals surface area contributed by atoms with Gasteiger partial charge in [-0.2, -0.15) is 10.1 Å². The van der Waals surface area contributed by atoms with Crippen LogP contribution in [0.1, 0.15) is 17.3 Å². The van der Waals surface area contributed by atoms with Crippen LogP contribution in [0.2, 0.25) is 0 Å². The number of hydrogen-bond donors (Lipinski definition) is 2. The average molecular weight is 365 g/mol. The largest absolute Gasteiger partial charge is 0.494 e. The van der Waals surface area contributed by atoms with Crippen LogP contribution in [-0.2, 0) is 4.74 Å². The van der Waals surface area contributed by atoms with Crippen molar-refractivity contribution < 1.29 is 14.3 Å². The maximum atomic E-state index is 11.6. The third kappa shape index (κ3) is 4.91. The van der Waals surface area contributed by atoms with E-state index in [0.29, 0.717) is 29.6 Å². The van der Waals surface area contributed by atoms with Crippen LogP contribution in [0, 0.1) is 0 Å². The predicted octanol–water partition coefficient (Wildman–Crippen LogP) is 3.54. The molecule has 0 spiro atoms. The third-order valence-electron chi connectivity index (χ3n) is 3.54. The summed E-state index contributed by atoms with van der Waals surface area (Å²) in [4.78, 5) is 16.0. The molecule has 3 aromatic rings. The summed E-state index contributed by atoms with van der Waals surface area (Å²) in [5.74, 6) is 1.22. The van der Waals surface area contributed by atoms with Crippen LogP contribution in [0.4, 0.5) is 23.1 Å². The van der Waals surface area contributed by atoms with Gasteiger partial charge in [0, 0.05) is 11.4 Å². The minimum Gasteiger partial charge on any atom is -0.494 e. The summed E-state index contributed by atoms with van der Waals surface area (Å²) in [5.41, 5.74) is 1.93. The lowest BCUT2D eigenvalue weighted by atomic mass is 10.2. The molecule has 1 aromatic heterocycles. The fourth-order valence-corrected chi connectivity index (χ4v) is 2.34.